The van der Waals surface area contributed by atoms with Gasteiger partial charge >= 0.3 is 5.97 Å². The molecule has 0 amide bonds. The number of esters is 1. The number of hydrogen-bond donors (Lipinski definition) is 0. The molecular weight excluding hydrogens is 442 g/mol. The molecule has 0 heterocycles. The fraction of sp³-hybridized carbons (Fsp3) is 0.759. The molecule has 0 saturated heterocycles. The van der Waals surface area contributed by atoms with E-state index >= 15 is 0 Å². The first-order valence-electron chi connectivity index (χ1n) is 13.6. The van der Waals surface area contributed by atoms with E-state index < -0.39 is 5.60 Å². The third-order valence-electron chi connectivity index (χ3n) is 6.21. The van der Waals surface area contributed by atoms with Crippen LogP contribution in [0.3, 0.4) is 0 Å². The average Bonchev–Trinajstić information content (AvgIpc) is 2.78. The van der Waals surface area contributed by atoms with E-state index in [9.17, 15) is 14.4 Å². The number of ether oxygens (including phenoxy) is 2. The van der Waals surface area contributed by atoms with Crippen molar-refractivity contribution in [2.75, 3.05) is 20.7 Å². The van der Waals surface area contributed by atoms with Gasteiger partial charge in [0.25, 0.3) is 0 Å². The summed E-state index contributed by atoms with van der Waals surface area (Å²) in [5.41, 5.74) is 0.338. The summed E-state index contributed by atoms with van der Waals surface area (Å²) >= 11 is 0. The molecule has 1 rings (SSSR count). The van der Waals surface area contributed by atoms with Crippen LogP contribution in [0.25, 0.3) is 0 Å². The molecule has 0 radical (unpaired) electrons. The van der Waals surface area contributed by atoms with Gasteiger partial charge in [0.05, 0.1) is 12.8 Å². The maximum atomic E-state index is 13.2. The van der Waals surface area contributed by atoms with E-state index in [-0.39, 0.29) is 29.7 Å². The number of ketones is 2. The fourth-order valence-corrected chi connectivity index (χ4v) is 4.34. The van der Waals surface area contributed by atoms with E-state index in [2.05, 4.69) is 6.92 Å². The van der Waals surface area contributed by atoms with Crippen molar-refractivity contribution in [3.05, 3.63) is 23.1 Å². The molecule has 35 heavy (non-hydrogen) atoms. The Hall–Kier alpha value is -2.11. The second-order valence-corrected chi connectivity index (χ2v) is 10.6. The van der Waals surface area contributed by atoms with Crippen LogP contribution in [0.1, 0.15) is 118 Å². The number of allylic oxidation sites excluding steroid dienone is 2. The minimum Gasteiger partial charge on any atom is -0.492 e. The van der Waals surface area contributed by atoms with Gasteiger partial charge in [-0.3, -0.25) is 14.4 Å². The van der Waals surface area contributed by atoms with Gasteiger partial charge in [0, 0.05) is 31.7 Å². The normalized spacial score (nSPS) is 14.3. The molecule has 0 atom stereocenters. The van der Waals surface area contributed by atoms with Gasteiger partial charge in [-0.05, 0) is 40.0 Å². The zero-order chi connectivity index (χ0) is 26.3. The van der Waals surface area contributed by atoms with Crippen LogP contribution in [-0.2, 0) is 23.9 Å². The molecule has 0 bridgehead atoms. The first-order valence-corrected chi connectivity index (χ1v) is 13.6. The highest BCUT2D eigenvalue weighted by Gasteiger charge is 2.31. The lowest BCUT2D eigenvalue weighted by Crippen LogP contribution is -2.31. The van der Waals surface area contributed by atoms with Crippen LogP contribution < -0.4 is 0 Å². The van der Waals surface area contributed by atoms with Gasteiger partial charge in [0.2, 0.25) is 11.6 Å². The number of nitrogens with zero attached hydrogens (tertiary/aromatic N) is 1. The summed E-state index contributed by atoms with van der Waals surface area (Å²) < 4.78 is 10.6. The number of hydrogen-bond acceptors (Lipinski definition) is 6. The van der Waals surface area contributed by atoms with Gasteiger partial charge < -0.3 is 14.4 Å². The summed E-state index contributed by atoms with van der Waals surface area (Å²) in [5, 5.41) is 0. The minimum absolute atomic E-state index is 0.145. The highest BCUT2D eigenvalue weighted by Crippen LogP contribution is 2.26. The van der Waals surface area contributed by atoms with Crippen molar-refractivity contribution in [3.63, 3.8) is 0 Å². The molecule has 0 fully saturated rings. The molecule has 0 aromatic heterocycles. The summed E-state index contributed by atoms with van der Waals surface area (Å²) in [6.07, 6.45) is 16.3. The van der Waals surface area contributed by atoms with E-state index in [1.807, 2.05) is 20.8 Å². The maximum absolute atomic E-state index is 13.2. The molecule has 1 aliphatic rings. The van der Waals surface area contributed by atoms with Crippen LogP contribution in [0.15, 0.2) is 23.1 Å². The van der Waals surface area contributed by atoms with Crippen molar-refractivity contribution in [3.8, 4) is 0 Å². The lowest BCUT2D eigenvalue weighted by Gasteiger charge is -2.26. The molecule has 6 nitrogen and oxygen atoms in total. The first kappa shape index (κ1) is 30.9. The first-order chi connectivity index (χ1) is 16.6. The third kappa shape index (κ3) is 12.4. The van der Waals surface area contributed by atoms with E-state index in [1.165, 1.54) is 64.6 Å². The van der Waals surface area contributed by atoms with E-state index in [4.69, 9.17) is 9.47 Å². The molecule has 1 aliphatic carbocycles. The highest BCUT2D eigenvalue weighted by atomic mass is 16.6. The van der Waals surface area contributed by atoms with Crippen molar-refractivity contribution < 1.29 is 23.9 Å². The highest BCUT2D eigenvalue weighted by molar-refractivity contribution is 6.21. The van der Waals surface area contributed by atoms with Crippen molar-refractivity contribution >= 4 is 17.5 Å². The zero-order valence-corrected chi connectivity index (χ0v) is 23.2. The minimum atomic E-state index is -0.512. The standard InChI is InChI=1S/C29H49NO5/c1-7-8-9-10-11-12-13-14-15-16-17-19-23-27(33)24(22-25(31)28(23)34-6)30(5)21-18-20-26(32)35-29(2,3)4/h22H,7-21H2,1-6H3. The van der Waals surface area contributed by atoms with Crippen LogP contribution in [0.2, 0.25) is 0 Å². The largest absolute Gasteiger partial charge is 0.492 e. The summed E-state index contributed by atoms with van der Waals surface area (Å²) in [4.78, 5) is 39.5. The smallest absolute Gasteiger partial charge is 0.306 e. The van der Waals surface area contributed by atoms with Crippen LogP contribution in [0.5, 0.6) is 0 Å². The summed E-state index contributed by atoms with van der Waals surface area (Å²) in [7, 11) is 3.23. The maximum Gasteiger partial charge on any atom is 0.306 e. The fourth-order valence-electron chi connectivity index (χ4n) is 4.34. The monoisotopic (exact) mass is 491 g/mol. The molecule has 0 aromatic rings. The van der Waals surface area contributed by atoms with Crippen LogP contribution in [-0.4, -0.2) is 48.7 Å². The molecular formula is C29H49NO5. The van der Waals surface area contributed by atoms with Crippen molar-refractivity contribution in [1.82, 2.24) is 4.90 Å². The zero-order valence-electron chi connectivity index (χ0n) is 23.2. The number of carbonyl (C=O) groups is 3. The van der Waals surface area contributed by atoms with Gasteiger partial charge in [-0.2, -0.15) is 0 Å². The Balaban J connectivity index is 2.46. The Morgan fingerprint density at radius 3 is 1.94 bits per heavy atom. The average molecular weight is 492 g/mol. The van der Waals surface area contributed by atoms with E-state index in [1.54, 1.807) is 11.9 Å². The number of Topliss-reactive ketones (excluding diaryl/α,β-unsaturated/α-hetero) is 1. The second-order valence-electron chi connectivity index (χ2n) is 10.6. The molecule has 0 aliphatic heterocycles. The summed E-state index contributed by atoms with van der Waals surface area (Å²) in [5.74, 6) is -0.495. The van der Waals surface area contributed by atoms with Gasteiger partial charge in [0.1, 0.15) is 5.60 Å². The predicted octanol–water partition coefficient (Wildman–Crippen LogP) is 6.68. The Kier molecular flexibility index (Phi) is 14.6. The molecule has 0 unspecified atom stereocenters. The van der Waals surface area contributed by atoms with Crippen molar-refractivity contribution in [2.24, 2.45) is 0 Å². The predicted molar refractivity (Wildman–Crippen MR) is 141 cm³/mol. The summed E-state index contributed by atoms with van der Waals surface area (Å²) in [6, 6.07) is 0. The Bertz CT molecular complexity index is 745. The molecule has 6 heteroatoms. The number of rotatable bonds is 18. The number of carbonyl (C=O) groups excluding carboxylic acids is 3. The van der Waals surface area contributed by atoms with Gasteiger partial charge in [0.15, 0.2) is 5.76 Å². The van der Waals surface area contributed by atoms with Crippen LogP contribution in [0.4, 0.5) is 0 Å². The summed E-state index contributed by atoms with van der Waals surface area (Å²) in [6.45, 7) is 8.24. The molecule has 0 aromatic carbocycles. The number of likely N-dealkylation sites (N-methyl/N-ethyl adjacent to an activating group) is 1. The lowest BCUT2D eigenvalue weighted by molar-refractivity contribution is -0.154. The topological polar surface area (TPSA) is 72.9 Å². The van der Waals surface area contributed by atoms with E-state index in [0.29, 0.717) is 30.7 Å². The Morgan fingerprint density at radius 2 is 1.43 bits per heavy atom. The molecule has 0 saturated carbocycles. The SMILES string of the molecule is CCCCCCCCCCCCCC1=C(OC)C(=O)C=C(N(C)CCCC(=O)OC(C)(C)C)C1=O. The molecule has 0 N–H and O–H groups in total. The van der Waals surface area contributed by atoms with Gasteiger partial charge in [-0.25, -0.2) is 0 Å². The van der Waals surface area contributed by atoms with Crippen molar-refractivity contribution in [1.29, 1.82) is 0 Å². The Labute approximate surface area is 213 Å². The molecule has 0 spiro atoms. The van der Waals surface area contributed by atoms with Crippen molar-refractivity contribution in [2.45, 2.75) is 123 Å². The lowest BCUT2D eigenvalue weighted by atomic mass is 9.93. The Morgan fingerprint density at radius 1 is 0.886 bits per heavy atom. The second kappa shape index (κ2) is 16.5. The number of unbranched alkanes of at least 4 members (excludes halogenated alkanes) is 10. The van der Waals surface area contributed by atoms with Crippen LogP contribution >= 0.6 is 0 Å². The van der Waals surface area contributed by atoms with Crippen LogP contribution in [0, 0.1) is 0 Å². The quantitative estimate of drug-likeness (QED) is 0.121. The number of methoxy groups -OCH3 is 1. The van der Waals surface area contributed by atoms with E-state index in [0.717, 1.165) is 19.3 Å². The molecule has 200 valence electrons. The van der Waals surface area contributed by atoms with Gasteiger partial charge in [-0.15, -0.1) is 0 Å². The van der Waals surface area contributed by atoms with Gasteiger partial charge in [-0.1, -0.05) is 71.1 Å². The third-order valence-corrected chi connectivity index (χ3v) is 6.21.